The van der Waals surface area contributed by atoms with Crippen LogP contribution in [-0.4, -0.2) is 4.65 Å². The number of benzene rings is 3. The molecule has 0 saturated heterocycles. The van der Waals surface area contributed by atoms with Crippen LogP contribution in [0.4, 0.5) is 0 Å². The Balaban J connectivity index is 2.52. The molecule has 0 fully saturated rings. The summed E-state index contributed by atoms with van der Waals surface area (Å²) in [4.78, 5) is 11.5. The van der Waals surface area contributed by atoms with Gasteiger partial charge in [0.1, 0.15) is 0 Å². The van der Waals surface area contributed by atoms with Gasteiger partial charge in [-0.15, -0.1) is 0 Å². The average molecular weight is 257 g/mol. The van der Waals surface area contributed by atoms with E-state index in [1.807, 2.05) is 30.3 Å². The number of carbonyl (C=O) groups is 1. The second kappa shape index (κ2) is 4.00. The van der Waals surface area contributed by atoms with Crippen molar-refractivity contribution in [1.29, 1.82) is 0 Å². The second-order valence-electron chi connectivity index (χ2n) is 3.97. The Bertz CT molecular complexity index is 731. The molecule has 81 valence electrons. The SMILES string of the molecule is O=[C]([Cr])c1cccc2c1ccc1ccccc12. The zero-order chi connectivity index (χ0) is 11.8. The molecule has 0 radical (unpaired) electrons. The van der Waals surface area contributed by atoms with E-state index in [0.717, 1.165) is 16.3 Å². The first-order chi connectivity index (χ1) is 8.27. The van der Waals surface area contributed by atoms with E-state index >= 15 is 0 Å². The Hall–Kier alpha value is -1.62. The third-order valence-electron chi connectivity index (χ3n) is 3.01. The summed E-state index contributed by atoms with van der Waals surface area (Å²) < 4.78 is -0.00844. The van der Waals surface area contributed by atoms with Gasteiger partial charge in [0.25, 0.3) is 0 Å². The molecule has 0 spiro atoms. The van der Waals surface area contributed by atoms with Gasteiger partial charge in [0, 0.05) is 0 Å². The van der Waals surface area contributed by atoms with E-state index in [9.17, 15) is 4.79 Å². The van der Waals surface area contributed by atoms with E-state index in [1.165, 1.54) is 10.8 Å². The summed E-state index contributed by atoms with van der Waals surface area (Å²) >= 11 is 2.56. The summed E-state index contributed by atoms with van der Waals surface area (Å²) in [6.07, 6.45) is 0. The molecule has 0 N–H and O–H groups in total. The molecule has 0 aliphatic heterocycles. The van der Waals surface area contributed by atoms with E-state index < -0.39 is 0 Å². The quantitative estimate of drug-likeness (QED) is 0.608. The van der Waals surface area contributed by atoms with Crippen LogP contribution >= 0.6 is 0 Å². The fraction of sp³-hybridized carbons (Fsp3) is 0. The van der Waals surface area contributed by atoms with Gasteiger partial charge in [0.2, 0.25) is 0 Å². The zero-order valence-electron chi connectivity index (χ0n) is 9.01. The third kappa shape index (κ3) is 1.67. The molecule has 17 heavy (non-hydrogen) atoms. The predicted octanol–water partition coefficient (Wildman–Crippen LogP) is 3.68. The Kier molecular flexibility index (Phi) is 2.48. The summed E-state index contributed by atoms with van der Waals surface area (Å²) in [7, 11) is 0. The van der Waals surface area contributed by atoms with Gasteiger partial charge in [-0.1, -0.05) is 0 Å². The summed E-state index contributed by atoms with van der Waals surface area (Å²) in [5, 5.41) is 4.52. The maximum absolute atomic E-state index is 11.5. The van der Waals surface area contributed by atoms with E-state index in [1.54, 1.807) is 0 Å². The summed E-state index contributed by atoms with van der Waals surface area (Å²) in [5.41, 5.74) is 0.744. The van der Waals surface area contributed by atoms with Gasteiger partial charge < -0.3 is 0 Å². The van der Waals surface area contributed by atoms with Crippen molar-refractivity contribution in [3.05, 3.63) is 60.2 Å². The first-order valence-corrected chi connectivity index (χ1v) is 6.03. The fourth-order valence-electron chi connectivity index (χ4n) is 2.22. The monoisotopic (exact) mass is 257 g/mol. The number of fused-ring (bicyclic) bond motifs is 3. The number of hydrogen-bond acceptors (Lipinski definition) is 1. The van der Waals surface area contributed by atoms with Crippen molar-refractivity contribution in [2.75, 3.05) is 0 Å². The van der Waals surface area contributed by atoms with Crippen LogP contribution < -0.4 is 0 Å². The fourth-order valence-corrected chi connectivity index (χ4v) is 2.50. The Morgan fingerprint density at radius 2 is 1.53 bits per heavy atom. The molecule has 3 aromatic carbocycles. The van der Waals surface area contributed by atoms with Gasteiger partial charge >= 0.3 is 107 Å². The minimum absolute atomic E-state index is 0.00844. The molecule has 2 heteroatoms. The van der Waals surface area contributed by atoms with Crippen molar-refractivity contribution < 1.29 is 21.1 Å². The molecule has 0 bridgehead atoms. The predicted molar refractivity (Wildman–Crippen MR) is 65.8 cm³/mol. The Morgan fingerprint density at radius 3 is 2.35 bits per heavy atom. The normalized spacial score (nSPS) is 10.8. The molecule has 0 aliphatic carbocycles. The zero-order valence-corrected chi connectivity index (χ0v) is 10.3. The van der Waals surface area contributed by atoms with Crippen molar-refractivity contribution >= 4 is 26.2 Å². The summed E-state index contributed by atoms with van der Waals surface area (Å²) in [6.45, 7) is 0. The molecule has 3 aromatic rings. The molecular weight excluding hydrogens is 248 g/mol. The van der Waals surface area contributed by atoms with Crippen LogP contribution in [0, 0.1) is 0 Å². The number of hydrogen-bond donors (Lipinski definition) is 0. The van der Waals surface area contributed by atoms with Crippen LogP contribution in [0.5, 0.6) is 0 Å². The molecule has 0 saturated carbocycles. The topological polar surface area (TPSA) is 17.1 Å². The Morgan fingerprint density at radius 1 is 0.765 bits per heavy atom. The molecule has 0 aliphatic rings. The van der Waals surface area contributed by atoms with Crippen LogP contribution in [0.25, 0.3) is 21.5 Å². The van der Waals surface area contributed by atoms with Gasteiger partial charge in [-0.3, -0.25) is 0 Å². The molecule has 0 atom stereocenters. The van der Waals surface area contributed by atoms with Gasteiger partial charge in [-0.25, -0.2) is 0 Å². The standard InChI is InChI=1S/C15H9O.Cr/c16-10-12-5-3-7-15-13-6-2-1-4-11(13)8-9-14(12)15;/h1-9H;. The van der Waals surface area contributed by atoms with Crippen molar-refractivity contribution in [3.63, 3.8) is 0 Å². The molecule has 0 unspecified atom stereocenters. The van der Waals surface area contributed by atoms with E-state index in [0.29, 0.717) is 0 Å². The molecule has 1 nitrogen and oxygen atoms in total. The third-order valence-corrected chi connectivity index (χ3v) is 3.35. The van der Waals surface area contributed by atoms with Gasteiger partial charge in [-0.2, -0.15) is 0 Å². The first-order valence-electron chi connectivity index (χ1n) is 5.39. The summed E-state index contributed by atoms with van der Waals surface area (Å²) in [6, 6.07) is 18.1. The first kappa shape index (κ1) is 10.5. The molecule has 0 heterocycles. The average Bonchev–Trinajstić information content (AvgIpc) is 2.37. The van der Waals surface area contributed by atoms with Crippen LogP contribution in [0.15, 0.2) is 54.6 Å². The maximum atomic E-state index is 11.5. The van der Waals surface area contributed by atoms with Crippen molar-refractivity contribution in [2.45, 2.75) is 0 Å². The van der Waals surface area contributed by atoms with Crippen LogP contribution in [0.2, 0.25) is 0 Å². The van der Waals surface area contributed by atoms with Crippen molar-refractivity contribution in [3.8, 4) is 0 Å². The van der Waals surface area contributed by atoms with Crippen molar-refractivity contribution in [2.24, 2.45) is 0 Å². The van der Waals surface area contributed by atoms with Crippen LogP contribution in [0.3, 0.4) is 0 Å². The number of carbonyl (C=O) groups excluding carboxylic acids is 1. The molecule has 3 rings (SSSR count). The molecule has 0 aromatic heterocycles. The van der Waals surface area contributed by atoms with Gasteiger partial charge in [0.15, 0.2) is 0 Å². The molecular formula is C15H9CrO. The van der Waals surface area contributed by atoms with E-state index in [4.69, 9.17) is 0 Å². The van der Waals surface area contributed by atoms with E-state index in [2.05, 4.69) is 40.6 Å². The van der Waals surface area contributed by atoms with E-state index in [-0.39, 0.29) is 4.65 Å². The van der Waals surface area contributed by atoms with Crippen LogP contribution in [0.1, 0.15) is 10.4 Å². The van der Waals surface area contributed by atoms with Crippen LogP contribution in [-0.2, 0) is 16.3 Å². The van der Waals surface area contributed by atoms with Gasteiger partial charge in [-0.05, 0) is 0 Å². The molecule has 0 amide bonds. The number of rotatable bonds is 1. The minimum atomic E-state index is -0.00844. The Labute approximate surface area is 107 Å². The summed E-state index contributed by atoms with van der Waals surface area (Å²) in [5.74, 6) is 0. The van der Waals surface area contributed by atoms with Gasteiger partial charge in [0.05, 0.1) is 0 Å². The van der Waals surface area contributed by atoms with Crippen molar-refractivity contribution in [1.82, 2.24) is 0 Å². The second-order valence-corrected chi connectivity index (χ2v) is 4.55.